The predicted octanol–water partition coefficient (Wildman–Crippen LogP) is 4.12. The van der Waals surface area contributed by atoms with E-state index in [-0.39, 0.29) is 40.7 Å². The molecule has 2 aliphatic rings. The van der Waals surface area contributed by atoms with E-state index >= 15 is 0 Å². The third-order valence-electron chi connectivity index (χ3n) is 6.20. The molecule has 1 saturated heterocycles. The van der Waals surface area contributed by atoms with Gasteiger partial charge in [-0.3, -0.25) is 9.59 Å². The lowest BCUT2D eigenvalue weighted by atomic mass is 9.65. The number of hydrogen-bond acceptors (Lipinski definition) is 5. The van der Waals surface area contributed by atoms with Crippen LogP contribution in [0.1, 0.15) is 60.9 Å². The van der Waals surface area contributed by atoms with Crippen LogP contribution in [0.4, 0.5) is 5.69 Å². The first kappa shape index (κ1) is 21.2. The topological polar surface area (TPSA) is 88.9 Å². The highest BCUT2D eigenvalue weighted by Gasteiger charge is 2.50. The van der Waals surface area contributed by atoms with Crippen LogP contribution in [0.3, 0.4) is 0 Å². The number of carbonyl (C=O) groups is 3. The van der Waals surface area contributed by atoms with Gasteiger partial charge in [0.15, 0.2) is 12.4 Å². The van der Waals surface area contributed by atoms with Crippen molar-refractivity contribution in [2.45, 2.75) is 46.1 Å². The van der Waals surface area contributed by atoms with Gasteiger partial charge in [0, 0.05) is 12.6 Å². The van der Waals surface area contributed by atoms with Crippen LogP contribution in [0.2, 0.25) is 0 Å². The highest BCUT2D eigenvalue weighted by molar-refractivity contribution is 6.06. The number of anilines is 1. The van der Waals surface area contributed by atoms with Gasteiger partial charge in [0.2, 0.25) is 0 Å². The van der Waals surface area contributed by atoms with E-state index in [2.05, 4.69) is 26.1 Å². The lowest BCUT2D eigenvalue weighted by Crippen LogP contribution is -2.39. The molecule has 2 fully saturated rings. The van der Waals surface area contributed by atoms with Crippen molar-refractivity contribution >= 4 is 23.5 Å². The number of rotatable bonds is 5. The highest BCUT2D eigenvalue weighted by Crippen LogP contribution is 2.52. The minimum atomic E-state index is -0.655. The van der Waals surface area contributed by atoms with E-state index in [0.29, 0.717) is 12.2 Å². The molecule has 1 N–H and O–H groups in total. The van der Waals surface area contributed by atoms with Crippen LogP contribution in [0, 0.1) is 10.8 Å². The summed E-state index contributed by atoms with van der Waals surface area (Å²) in [5.41, 5.74) is 0.805. The number of likely N-dealkylation sites (tertiary alicyclic amines) is 1. The van der Waals surface area contributed by atoms with Gasteiger partial charge in [-0.1, -0.05) is 32.9 Å². The average molecular weight is 424 g/mol. The molecule has 0 radical (unpaired) electrons. The van der Waals surface area contributed by atoms with Crippen molar-refractivity contribution in [1.82, 2.24) is 4.90 Å². The molecule has 7 nitrogen and oxygen atoms in total. The molecule has 1 aromatic heterocycles. The maximum atomic E-state index is 12.9. The number of furan rings is 1. The third kappa shape index (κ3) is 4.50. The van der Waals surface area contributed by atoms with Crippen LogP contribution in [-0.4, -0.2) is 41.9 Å². The number of amides is 2. The molecule has 0 spiro atoms. The number of benzene rings is 1. The fourth-order valence-electron chi connectivity index (χ4n) is 5.40. The first-order valence-corrected chi connectivity index (χ1v) is 10.6. The molecular weight excluding hydrogens is 396 g/mol. The number of hydrogen-bond donors (Lipinski definition) is 1. The average Bonchev–Trinajstić information content (AvgIpc) is 3.31. The van der Waals surface area contributed by atoms with E-state index in [1.165, 1.54) is 12.3 Å². The summed E-state index contributed by atoms with van der Waals surface area (Å²) in [5.74, 6) is -1.16. The molecule has 1 aromatic carbocycles. The van der Waals surface area contributed by atoms with Crippen LogP contribution in [0.15, 0.2) is 47.1 Å². The van der Waals surface area contributed by atoms with Gasteiger partial charge < -0.3 is 19.4 Å². The van der Waals surface area contributed by atoms with Crippen LogP contribution < -0.4 is 5.32 Å². The molecule has 2 heterocycles. The molecule has 1 aliphatic carbocycles. The SMILES string of the molecule is CC1(C)C[C@@H]2C[C@@](C)(CN2C(=O)COC(=O)c2ccccc2NC(=O)c2ccco2)C1. The fraction of sp³-hybridized carbons (Fsp3) is 0.458. The Kier molecular flexibility index (Phi) is 5.37. The fourth-order valence-corrected chi connectivity index (χ4v) is 5.40. The maximum absolute atomic E-state index is 12.9. The summed E-state index contributed by atoms with van der Waals surface area (Å²) in [6.45, 7) is 7.12. The molecule has 4 rings (SSSR count). The third-order valence-corrected chi connectivity index (χ3v) is 6.20. The van der Waals surface area contributed by atoms with E-state index in [1.807, 2.05) is 4.90 Å². The standard InChI is InChI=1S/C24H28N2O5/c1-23(2)11-16-12-24(3,14-23)15-26(16)20(27)13-31-22(29)17-7-4-5-8-18(17)25-21(28)19-9-6-10-30-19/h4-10,16H,11-15H2,1-3H3,(H,25,28)/t16-,24-/m1/s1. The Morgan fingerprint density at radius 1 is 1.13 bits per heavy atom. The number of nitrogens with zero attached hydrogens (tertiary/aromatic N) is 1. The molecular formula is C24H28N2O5. The summed E-state index contributed by atoms with van der Waals surface area (Å²) in [5, 5.41) is 2.65. The predicted molar refractivity (Wildman–Crippen MR) is 115 cm³/mol. The molecule has 7 heteroatoms. The smallest absolute Gasteiger partial charge is 0.340 e. The summed E-state index contributed by atoms with van der Waals surface area (Å²) in [4.78, 5) is 39.7. The Hall–Kier alpha value is -3.09. The molecule has 2 atom stereocenters. The highest BCUT2D eigenvalue weighted by atomic mass is 16.5. The molecule has 2 bridgehead atoms. The van der Waals surface area contributed by atoms with Gasteiger partial charge >= 0.3 is 5.97 Å². The number of carbonyl (C=O) groups excluding carboxylic acids is 3. The van der Waals surface area contributed by atoms with Crippen LogP contribution in [-0.2, 0) is 9.53 Å². The molecule has 1 saturated carbocycles. The number of para-hydroxylation sites is 1. The summed E-state index contributed by atoms with van der Waals surface area (Å²) >= 11 is 0. The summed E-state index contributed by atoms with van der Waals surface area (Å²) in [6, 6.07) is 9.86. The molecule has 31 heavy (non-hydrogen) atoms. The van der Waals surface area contributed by atoms with Crippen molar-refractivity contribution in [2.24, 2.45) is 10.8 Å². The van der Waals surface area contributed by atoms with Gasteiger partial charge in [0.1, 0.15) is 0 Å². The lowest BCUT2D eigenvalue weighted by Gasteiger charge is -2.39. The maximum Gasteiger partial charge on any atom is 0.340 e. The zero-order valence-electron chi connectivity index (χ0n) is 18.1. The number of fused-ring (bicyclic) bond motifs is 2. The first-order chi connectivity index (χ1) is 14.7. The summed E-state index contributed by atoms with van der Waals surface area (Å²) in [6.07, 6.45) is 4.44. The van der Waals surface area contributed by atoms with Gasteiger partial charge in [-0.05, 0) is 54.4 Å². The van der Waals surface area contributed by atoms with E-state index < -0.39 is 11.9 Å². The van der Waals surface area contributed by atoms with Crippen LogP contribution in [0.25, 0.3) is 0 Å². The monoisotopic (exact) mass is 424 g/mol. The molecule has 164 valence electrons. The number of nitrogens with one attached hydrogen (secondary N) is 1. The zero-order valence-corrected chi connectivity index (χ0v) is 18.1. The number of esters is 1. The van der Waals surface area contributed by atoms with E-state index in [9.17, 15) is 14.4 Å². The first-order valence-electron chi connectivity index (χ1n) is 10.6. The Balaban J connectivity index is 1.39. The molecule has 2 amide bonds. The van der Waals surface area contributed by atoms with Crippen LogP contribution in [0.5, 0.6) is 0 Å². The Bertz CT molecular complexity index is 997. The quantitative estimate of drug-likeness (QED) is 0.730. The van der Waals surface area contributed by atoms with E-state index in [4.69, 9.17) is 9.15 Å². The van der Waals surface area contributed by atoms with Crippen LogP contribution >= 0.6 is 0 Å². The van der Waals surface area contributed by atoms with Gasteiger partial charge in [0.25, 0.3) is 11.8 Å². The number of ether oxygens (including phenoxy) is 1. The van der Waals surface area contributed by atoms with Crippen molar-refractivity contribution in [3.63, 3.8) is 0 Å². The Morgan fingerprint density at radius 3 is 2.65 bits per heavy atom. The Labute approximate surface area is 181 Å². The lowest BCUT2D eigenvalue weighted by molar-refractivity contribution is -0.135. The molecule has 2 aromatic rings. The minimum absolute atomic E-state index is 0.120. The van der Waals surface area contributed by atoms with E-state index in [1.54, 1.807) is 30.3 Å². The van der Waals surface area contributed by atoms with Gasteiger partial charge in [0.05, 0.1) is 17.5 Å². The van der Waals surface area contributed by atoms with Crippen molar-refractivity contribution in [2.75, 3.05) is 18.5 Å². The van der Waals surface area contributed by atoms with Crippen molar-refractivity contribution in [3.8, 4) is 0 Å². The van der Waals surface area contributed by atoms with Gasteiger partial charge in [-0.25, -0.2) is 4.79 Å². The van der Waals surface area contributed by atoms with Gasteiger partial charge in [-0.2, -0.15) is 0 Å². The molecule has 1 aliphatic heterocycles. The zero-order chi connectivity index (χ0) is 22.2. The van der Waals surface area contributed by atoms with Crippen molar-refractivity contribution < 1.29 is 23.5 Å². The summed E-state index contributed by atoms with van der Waals surface area (Å²) in [7, 11) is 0. The van der Waals surface area contributed by atoms with Crippen molar-refractivity contribution in [3.05, 3.63) is 54.0 Å². The second-order valence-corrected chi connectivity index (χ2v) is 9.79. The second kappa shape index (κ2) is 7.87. The normalized spacial score (nSPS) is 24.0. The summed E-state index contributed by atoms with van der Waals surface area (Å²) < 4.78 is 10.4. The minimum Gasteiger partial charge on any atom is -0.459 e. The van der Waals surface area contributed by atoms with E-state index in [0.717, 1.165) is 19.3 Å². The Morgan fingerprint density at radius 2 is 1.90 bits per heavy atom. The van der Waals surface area contributed by atoms with Crippen molar-refractivity contribution in [1.29, 1.82) is 0 Å². The molecule has 0 unspecified atom stereocenters. The van der Waals surface area contributed by atoms with Gasteiger partial charge in [-0.15, -0.1) is 0 Å². The second-order valence-electron chi connectivity index (χ2n) is 9.79. The largest absolute Gasteiger partial charge is 0.459 e.